The summed E-state index contributed by atoms with van der Waals surface area (Å²) in [5, 5.41) is 3.00. The fourth-order valence-corrected chi connectivity index (χ4v) is 4.20. The minimum absolute atomic E-state index is 0.0344. The number of nitrogens with zero attached hydrogens (tertiary/aromatic N) is 4. The largest absolute Gasteiger partial charge is 0.433 e. The molecule has 0 atom stereocenters. The van der Waals surface area contributed by atoms with E-state index in [1.165, 1.54) is 12.4 Å². The molecule has 2 heterocycles. The molecular formula is C25H25F2N5O. The van der Waals surface area contributed by atoms with Gasteiger partial charge in [0, 0.05) is 43.1 Å². The second-order valence-corrected chi connectivity index (χ2v) is 8.53. The molecule has 170 valence electrons. The van der Waals surface area contributed by atoms with E-state index in [1.54, 1.807) is 12.1 Å². The molecule has 33 heavy (non-hydrogen) atoms. The highest BCUT2D eigenvalue weighted by molar-refractivity contribution is 5.66. The molecule has 1 saturated heterocycles. The number of ether oxygens (including phenoxy) is 1. The molecule has 6 nitrogen and oxygen atoms in total. The maximum atomic E-state index is 15.1. The van der Waals surface area contributed by atoms with Crippen LogP contribution in [0.1, 0.15) is 18.1 Å². The van der Waals surface area contributed by atoms with E-state index in [2.05, 4.69) is 32.1 Å². The van der Waals surface area contributed by atoms with Gasteiger partial charge in [-0.2, -0.15) is 9.37 Å². The Kier molecular flexibility index (Phi) is 5.68. The number of aromatic nitrogens is 2. The summed E-state index contributed by atoms with van der Waals surface area (Å²) in [7, 11) is 2.11. The van der Waals surface area contributed by atoms with Crippen LogP contribution in [0.2, 0.25) is 0 Å². The monoisotopic (exact) mass is 449 g/mol. The van der Waals surface area contributed by atoms with Gasteiger partial charge in [0.2, 0.25) is 5.82 Å². The normalized spacial score (nSPS) is 15.9. The van der Waals surface area contributed by atoms with Gasteiger partial charge in [0.25, 0.3) is 5.88 Å². The zero-order chi connectivity index (χ0) is 22.9. The van der Waals surface area contributed by atoms with Crippen molar-refractivity contribution in [3.8, 4) is 11.6 Å². The maximum absolute atomic E-state index is 15.1. The van der Waals surface area contributed by atoms with Crippen molar-refractivity contribution < 1.29 is 13.5 Å². The summed E-state index contributed by atoms with van der Waals surface area (Å²) in [6.45, 7) is 5.80. The Balaban J connectivity index is 1.36. The van der Waals surface area contributed by atoms with Crippen molar-refractivity contribution in [2.75, 3.05) is 43.4 Å². The maximum Gasteiger partial charge on any atom is 0.261 e. The fourth-order valence-electron chi connectivity index (χ4n) is 4.20. The van der Waals surface area contributed by atoms with E-state index in [0.29, 0.717) is 17.7 Å². The number of hydrogen-bond acceptors (Lipinski definition) is 6. The second-order valence-electron chi connectivity index (χ2n) is 8.53. The van der Waals surface area contributed by atoms with Crippen LogP contribution in [0.5, 0.6) is 11.6 Å². The molecule has 2 aromatic carbocycles. The van der Waals surface area contributed by atoms with Gasteiger partial charge in [0.05, 0.1) is 0 Å². The molecule has 0 bridgehead atoms. The molecular weight excluding hydrogens is 424 g/mol. The molecule has 3 aromatic rings. The number of likely N-dealkylation sites (N-methyl/N-ethyl adjacent to an activating group) is 1. The summed E-state index contributed by atoms with van der Waals surface area (Å²) < 4.78 is 35.6. The van der Waals surface area contributed by atoms with Crippen LogP contribution in [-0.2, 0) is 6.42 Å². The molecule has 8 heteroatoms. The number of nitrogens with one attached hydrogen (secondary N) is 1. The lowest BCUT2D eigenvalue weighted by molar-refractivity contribution is 0.313. The first-order valence-electron chi connectivity index (χ1n) is 11.0. The average molecular weight is 450 g/mol. The Morgan fingerprint density at radius 2 is 1.82 bits per heavy atom. The Labute approximate surface area is 191 Å². The molecule has 1 aromatic heterocycles. The van der Waals surface area contributed by atoms with Gasteiger partial charge in [-0.3, -0.25) is 0 Å². The number of fused-ring (bicyclic) bond motifs is 1. The Hall–Kier alpha value is -3.52. The highest BCUT2D eigenvalue weighted by atomic mass is 19.1. The smallest absolute Gasteiger partial charge is 0.261 e. The highest BCUT2D eigenvalue weighted by Crippen LogP contribution is 2.35. The SMILES string of the molecule is CC1=Cc2c(ccc(Oc3ncnc(Nc4cccc(N5CCN(C)CC5)c4)c3F)c2F)C1. The van der Waals surface area contributed by atoms with Crippen LogP contribution in [-0.4, -0.2) is 48.1 Å². The first-order chi connectivity index (χ1) is 16.0. The molecule has 0 unspecified atom stereocenters. The van der Waals surface area contributed by atoms with Crippen LogP contribution in [0.15, 0.2) is 48.3 Å². The van der Waals surface area contributed by atoms with Gasteiger partial charge in [0.1, 0.15) is 6.33 Å². The quantitative estimate of drug-likeness (QED) is 0.592. The number of hydrogen-bond donors (Lipinski definition) is 1. The van der Waals surface area contributed by atoms with E-state index in [0.717, 1.165) is 43.0 Å². The van der Waals surface area contributed by atoms with Gasteiger partial charge in [0.15, 0.2) is 17.4 Å². The van der Waals surface area contributed by atoms with Gasteiger partial charge in [-0.25, -0.2) is 9.37 Å². The van der Waals surface area contributed by atoms with Crippen LogP contribution in [0.25, 0.3) is 6.08 Å². The van der Waals surface area contributed by atoms with Gasteiger partial charge in [-0.05, 0) is 50.2 Å². The standard InChI is InChI=1S/C25H25F2N5O/c1-16-12-17-6-7-21(22(26)20(17)13-16)33-25-23(27)24(28-15-29-25)30-18-4-3-5-19(14-18)32-10-8-31(2)9-11-32/h3-7,13-15H,8-12H2,1-2H3,(H,28,29,30). The number of allylic oxidation sites excluding steroid dienone is 1. The van der Waals surface area contributed by atoms with Gasteiger partial charge < -0.3 is 19.9 Å². The predicted octanol–water partition coefficient (Wildman–Crippen LogP) is 5.00. The molecule has 1 fully saturated rings. The molecule has 5 rings (SSSR count). The number of benzene rings is 2. The summed E-state index contributed by atoms with van der Waals surface area (Å²) >= 11 is 0. The Bertz CT molecular complexity index is 1220. The summed E-state index contributed by atoms with van der Waals surface area (Å²) in [5.74, 6) is -1.74. The third-order valence-corrected chi connectivity index (χ3v) is 6.04. The minimum Gasteiger partial charge on any atom is -0.433 e. The molecule has 0 saturated carbocycles. The molecule has 1 N–H and O–H groups in total. The molecule has 0 spiro atoms. The zero-order valence-electron chi connectivity index (χ0n) is 18.6. The van der Waals surface area contributed by atoms with Crippen molar-refractivity contribution in [1.29, 1.82) is 0 Å². The van der Waals surface area contributed by atoms with Crippen molar-refractivity contribution in [3.05, 3.63) is 71.1 Å². The van der Waals surface area contributed by atoms with Crippen LogP contribution in [0.4, 0.5) is 26.0 Å². The molecule has 1 aliphatic heterocycles. The van der Waals surface area contributed by atoms with Crippen molar-refractivity contribution in [2.45, 2.75) is 13.3 Å². The lowest BCUT2D eigenvalue weighted by Crippen LogP contribution is -2.44. The number of piperazine rings is 1. The van der Waals surface area contributed by atoms with E-state index >= 15 is 4.39 Å². The molecule has 0 radical (unpaired) electrons. The van der Waals surface area contributed by atoms with E-state index in [9.17, 15) is 4.39 Å². The minimum atomic E-state index is -0.783. The fraction of sp³-hybridized carbons (Fsp3) is 0.280. The highest BCUT2D eigenvalue weighted by Gasteiger charge is 2.21. The summed E-state index contributed by atoms with van der Waals surface area (Å²) in [4.78, 5) is 12.5. The molecule has 1 aliphatic carbocycles. The van der Waals surface area contributed by atoms with Gasteiger partial charge in [-0.1, -0.05) is 23.8 Å². The summed E-state index contributed by atoms with van der Waals surface area (Å²) in [5.41, 5.74) is 4.20. The third kappa shape index (κ3) is 4.39. The predicted molar refractivity (Wildman–Crippen MR) is 125 cm³/mol. The Morgan fingerprint density at radius 3 is 2.64 bits per heavy atom. The van der Waals surface area contributed by atoms with Crippen molar-refractivity contribution in [3.63, 3.8) is 0 Å². The summed E-state index contributed by atoms with van der Waals surface area (Å²) in [6.07, 6.45) is 3.68. The van der Waals surface area contributed by atoms with Crippen LogP contribution < -0.4 is 15.0 Å². The number of anilines is 3. The number of halogens is 2. The van der Waals surface area contributed by atoms with Gasteiger partial charge >= 0.3 is 0 Å². The van der Waals surface area contributed by atoms with E-state index < -0.39 is 11.6 Å². The van der Waals surface area contributed by atoms with E-state index in [1.807, 2.05) is 31.2 Å². The van der Waals surface area contributed by atoms with Crippen LogP contribution >= 0.6 is 0 Å². The van der Waals surface area contributed by atoms with Crippen molar-refractivity contribution >= 4 is 23.3 Å². The molecule has 0 amide bonds. The zero-order valence-corrected chi connectivity index (χ0v) is 18.6. The summed E-state index contributed by atoms with van der Waals surface area (Å²) in [6, 6.07) is 11.1. The Morgan fingerprint density at radius 1 is 1.00 bits per heavy atom. The first-order valence-corrected chi connectivity index (χ1v) is 11.0. The molecule has 2 aliphatic rings. The average Bonchev–Trinajstić information content (AvgIpc) is 3.20. The number of rotatable bonds is 5. The topological polar surface area (TPSA) is 53.5 Å². The van der Waals surface area contributed by atoms with E-state index in [4.69, 9.17) is 4.74 Å². The van der Waals surface area contributed by atoms with Gasteiger partial charge in [-0.15, -0.1) is 0 Å². The second kappa shape index (κ2) is 8.78. The lowest BCUT2D eigenvalue weighted by Gasteiger charge is -2.34. The van der Waals surface area contributed by atoms with Crippen LogP contribution in [0, 0.1) is 11.6 Å². The first kappa shape index (κ1) is 21.3. The third-order valence-electron chi connectivity index (χ3n) is 6.04. The van der Waals surface area contributed by atoms with Crippen molar-refractivity contribution in [1.82, 2.24) is 14.9 Å². The van der Waals surface area contributed by atoms with Crippen LogP contribution in [0.3, 0.4) is 0 Å². The lowest BCUT2D eigenvalue weighted by atomic mass is 10.1. The van der Waals surface area contributed by atoms with Crippen molar-refractivity contribution in [2.24, 2.45) is 0 Å². The van der Waals surface area contributed by atoms with E-state index in [-0.39, 0.29) is 17.4 Å².